The van der Waals surface area contributed by atoms with Gasteiger partial charge in [-0.15, -0.1) is 11.8 Å². The predicted molar refractivity (Wildman–Crippen MR) is 89.4 cm³/mol. The molecule has 0 radical (unpaired) electrons. The van der Waals surface area contributed by atoms with Crippen molar-refractivity contribution in [1.82, 2.24) is 19.7 Å². The van der Waals surface area contributed by atoms with Crippen molar-refractivity contribution in [3.8, 4) is 0 Å². The van der Waals surface area contributed by atoms with E-state index in [9.17, 15) is 13.2 Å². The molecule has 0 spiro atoms. The lowest BCUT2D eigenvalue weighted by atomic mass is 10.0. The summed E-state index contributed by atoms with van der Waals surface area (Å²) in [6.07, 6.45) is -3.60. The Labute approximate surface area is 145 Å². The standard InChI is InChI=1S/C16H14F3N5S/c1-8-2-3-10(16(17,18)19)6-9(8)7-24-13-12-11(23-24)4-5-25-14(12)22-15(20)21-13/h2-3,6H,4-5,7H2,1H3,(H2,20,21,22). The number of nitrogens with two attached hydrogens (primary N) is 1. The van der Waals surface area contributed by atoms with E-state index in [-0.39, 0.29) is 12.5 Å². The number of hydrogen-bond donors (Lipinski definition) is 1. The van der Waals surface area contributed by atoms with Gasteiger partial charge in [-0.1, -0.05) is 6.07 Å². The second-order valence-corrected chi connectivity index (χ2v) is 7.01. The lowest BCUT2D eigenvalue weighted by Gasteiger charge is -2.12. The number of nitrogen functional groups attached to an aromatic ring is 1. The third-order valence-corrected chi connectivity index (χ3v) is 5.20. The predicted octanol–water partition coefficient (Wildman–Crippen LogP) is 3.43. The number of rotatable bonds is 2. The van der Waals surface area contributed by atoms with Gasteiger partial charge in [0.15, 0.2) is 5.65 Å². The summed E-state index contributed by atoms with van der Waals surface area (Å²) in [5.74, 6) is 0.989. The molecule has 4 rings (SSSR count). The summed E-state index contributed by atoms with van der Waals surface area (Å²) in [5.41, 5.74) is 7.87. The molecule has 0 unspecified atom stereocenters. The third kappa shape index (κ3) is 2.82. The van der Waals surface area contributed by atoms with E-state index >= 15 is 0 Å². The summed E-state index contributed by atoms with van der Waals surface area (Å²) in [6, 6.07) is 3.74. The summed E-state index contributed by atoms with van der Waals surface area (Å²) in [7, 11) is 0. The van der Waals surface area contributed by atoms with Crippen LogP contribution >= 0.6 is 11.8 Å². The van der Waals surface area contributed by atoms with Crippen LogP contribution in [0.4, 0.5) is 19.1 Å². The van der Waals surface area contributed by atoms with Crippen molar-refractivity contribution in [2.45, 2.75) is 31.1 Å². The Morgan fingerprint density at radius 1 is 1.28 bits per heavy atom. The number of aromatic nitrogens is 4. The van der Waals surface area contributed by atoms with E-state index in [1.807, 2.05) is 0 Å². The highest BCUT2D eigenvalue weighted by atomic mass is 32.2. The van der Waals surface area contributed by atoms with E-state index in [1.54, 1.807) is 23.4 Å². The first-order valence-electron chi connectivity index (χ1n) is 7.65. The lowest BCUT2D eigenvalue weighted by Crippen LogP contribution is -2.09. The molecule has 0 aliphatic carbocycles. The Balaban J connectivity index is 1.83. The molecule has 3 heterocycles. The van der Waals surface area contributed by atoms with Gasteiger partial charge in [-0.25, -0.2) is 9.67 Å². The molecule has 1 aromatic carbocycles. The molecular formula is C16H14F3N5S. The molecule has 130 valence electrons. The normalized spacial score (nSPS) is 14.2. The summed E-state index contributed by atoms with van der Waals surface area (Å²) in [4.78, 5) is 8.51. The average molecular weight is 365 g/mol. The quantitative estimate of drug-likeness (QED) is 0.705. The van der Waals surface area contributed by atoms with E-state index < -0.39 is 11.7 Å². The van der Waals surface area contributed by atoms with Crippen LogP contribution in [0.15, 0.2) is 23.2 Å². The second kappa shape index (κ2) is 5.62. The van der Waals surface area contributed by atoms with Crippen LogP contribution in [0.25, 0.3) is 11.0 Å². The molecule has 0 saturated heterocycles. The zero-order valence-corrected chi connectivity index (χ0v) is 14.1. The van der Waals surface area contributed by atoms with E-state index in [1.165, 1.54) is 12.1 Å². The van der Waals surface area contributed by atoms with Crippen LogP contribution in [0.2, 0.25) is 0 Å². The molecule has 0 bridgehead atoms. The third-order valence-electron chi connectivity index (χ3n) is 4.22. The van der Waals surface area contributed by atoms with Crippen LogP contribution < -0.4 is 5.73 Å². The molecule has 9 heteroatoms. The minimum atomic E-state index is -4.38. The molecule has 25 heavy (non-hydrogen) atoms. The van der Waals surface area contributed by atoms with E-state index in [4.69, 9.17) is 5.73 Å². The van der Waals surface area contributed by atoms with Gasteiger partial charge in [0.2, 0.25) is 5.95 Å². The van der Waals surface area contributed by atoms with Crippen molar-refractivity contribution in [3.05, 3.63) is 40.6 Å². The summed E-state index contributed by atoms with van der Waals surface area (Å²) < 4.78 is 40.6. The van der Waals surface area contributed by atoms with Crippen LogP contribution in [0.5, 0.6) is 0 Å². The van der Waals surface area contributed by atoms with E-state index in [0.29, 0.717) is 11.2 Å². The van der Waals surface area contributed by atoms with Gasteiger partial charge in [0.05, 0.1) is 23.2 Å². The first kappa shape index (κ1) is 16.2. The van der Waals surface area contributed by atoms with Crippen LogP contribution in [0.1, 0.15) is 22.4 Å². The number of aryl methyl sites for hydroxylation is 2. The highest BCUT2D eigenvalue weighted by molar-refractivity contribution is 7.99. The van der Waals surface area contributed by atoms with Crippen LogP contribution in [0.3, 0.4) is 0 Å². The largest absolute Gasteiger partial charge is 0.416 e. The van der Waals surface area contributed by atoms with Crippen molar-refractivity contribution >= 4 is 28.7 Å². The Morgan fingerprint density at radius 3 is 2.84 bits per heavy atom. The van der Waals surface area contributed by atoms with Gasteiger partial charge < -0.3 is 5.73 Å². The monoisotopic (exact) mass is 365 g/mol. The summed E-state index contributed by atoms with van der Waals surface area (Å²) in [5, 5.41) is 6.20. The van der Waals surface area contributed by atoms with Crippen molar-refractivity contribution in [1.29, 1.82) is 0 Å². The fourth-order valence-electron chi connectivity index (χ4n) is 2.94. The molecule has 1 aliphatic heterocycles. The van der Waals surface area contributed by atoms with Crippen molar-refractivity contribution in [2.24, 2.45) is 0 Å². The maximum Gasteiger partial charge on any atom is 0.416 e. The van der Waals surface area contributed by atoms with Crippen LogP contribution in [-0.4, -0.2) is 25.5 Å². The number of nitrogens with zero attached hydrogens (tertiary/aromatic N) is 4. The van der Waals surface area contributed by atoms with Gasteiger partial charge in [-0.3, -0.25) is 0 Å². The lowest BCUT2D eigenvalue weighted by molar-refractivity contribution is -0.137. The smallest absolute Gasteiger partial charge is 0.368 e. The topological polar surface area (TPSA) is 69.6 Å². The number of benzene rings is 1. The highest BCUT2D eigenvalue weighted by Gasteiger charge is 2.31. The molecule has 0 atom stereocenters. The number of hydrogen-bond acceptors (Lipinski definition) is 5. The van der Waals surface area contributed by atoms with Gasteiger partial charge in [-0.05, 0) is 30.2 Å². The summed E-state index contributed by atoms with van der Waals surface area (Å²) in [6.45, 7) is 1.98. The first-order valence-corrected chi connectivity index (χ1v) is 8.64. The minimum absolute atomic E-state index is 0.144. The first-order chi connectivity index (χ1) is 11.8. The zero-order chi connectivity index (χ0) is 17.8. The average Bonchev–Trinajstić information content (AvgIpc) is 2.87. The number of alkyl halides is 3. The Kier molecular flexibility index (Phi) is 3.64. The molecule has 1 aliphatic rings. The molecule has 2 aromatic heterocycles. The maximum absolute atomic E-state index is 13.0. The van der Waals surface area contributed by atoms with Gasteiger partial charge >= 0.3 is 6.18 Å². The Hall–Kier alpha value is -2.29. The van der Waals surface area contributed by atoms with Gasteiger partial charge in [0.1, 0.15) is 5.03 Å². The fourth-order valence-corrected chi connectivity index (χ4v) is 3.94. The molecule has 2 N–H and O–H groups in total. The molecule has 0 saturated carbocycles. The molecule has 0 fully saturated rings. The van der Waals surface area contributed by atoms with Gasteiger partial charge in [0, 0.05) is 12.2 Å². The fraction of sp³-hybridized carbons (Fsp3) is 0.312. The van der Waals surface area contributed by atoms with Crippen LogP contribution in [-0.2, 0) is 19.1 Å². The second-order valence-electron chi connectivity index (χ2n) is 5.93. The van der Waals surface area contributed by atoms with Crippen molar-refractivity contribution in [2.75, 3.05) is 11.5 Å². The SMILES string of the molecule is Cc1ccc(C(F)(F)F)cc1Cn1nc2c3c(nc(N)nc31)SCC2. The van der Waals surface area contributed by atoms with E-state index in [2.05, 4.69) is 15.1 Å². The highest BCUT2D eigenvalue weighted by Crippen LogP contribution is 2.35. The van der Waals surface area contributed by atoms with Gasteiger partial charge in [-0.2, -0.15) is 23.3 Å². The molecule has 5 nitrogen and oxygen atoms in total. The van der Waals surface area contributed by atoms with Crippen LogP contribution in [0, 0.1) is 6.92 Å². The van der Waals surface area contributed by atoms with E-state index in [0.717, 1.165) is 39.9 Å². The summed E-state index contributed by atoms with van der Waals surface area (Å²) >= 11 is 1.59. The maximum atomic E-state index is 13.0. The Bertz CT molecular complexity index is 980. The number of anilines is 1. The number of thioether (sulfide) groups is 1. The number of halogens is 3. The molecule has 0 amide bonds. The van der Waals surface area contributed by atoms with Crippen molar-refractivity contribution in [3.63, 3.8) is 0 Å². The molecule has 3 aromatic rings. The minimum Gasteiger partial charge on any atom is -0.368 e. The van der Waals surface area contributed by atoms with Gasteiger partial charge in [0.25, 0.3) is 0 Å². The molecular weight excluding hydrogens is 351 g/mol. The van der Waals surface area contributed by atoms with Crippen molar-refractivity contribution < 1.29 is 13.2 Å². The Morgan fingerprint density at radius 2 is 2.08 bits per heavy atom. The zero-order valence-electron chi connectivity index (χ0n) is 13.3.